The Balaban J connectivity index is 2.51. The Morgan fingerprint density at radius 3 is 1.55 bits per heavy atom. The molecule has 0 aliphatic heterocycles. The summed E-state index contributed by atoms with van der Waals surface area (Å²) in [5, 5.41) is 28.0. The predicted octanol–water partition coefficient (Wildman–Crippen LogP) is 0.0839. The minimum absolute atomic E-state index is 0.0306. The molecule has 0 spiro atoms. The molecule has 3 aliphatic carbocycles. The van der Waals surface area contributed by atoms with Gasteiger partial charge in [0.25, 0.3) is 0 Å². The first-order valence-electron chi connectivity index (χ1n) is 6.84. The molecule has 0 aromatic heterocycles. The van der Waals surface area contributed by atoms with Crippen molar-refractivity contribution in [2.24, 2.45) is 35.5 Å². The van der Waals surface area contributed by atoms with Gasteiger partial charge in [-0.15, -0.1) is 0 Å². The van der Waals surface area contributed by atoms with Gasteiger partial charge in [0.05, 0.1) is 30.3 Å². The van der Waals surface area contributed by atoms with Crippen LogP contribution in [0.4, 0.5) is 0 Å². The van der Waals surface area contributed by atoms with Crippen LogP contribution in [0, 0.1) is 35.5 Å². The zero-order valence-corrected chi connectivity index (χ0v) is 11.7. The first kappa shape index (κ1) is 16.0. The van der Waals surface area contributed by atoms with Crippen LogP contribution in [0.3, 0.4) is 0 Å². The van der Waals surface area contributed by atoms with Gasteiger partial charge >= 0.3 is 23.9 Å². The number of fused-ring (bicyclic) bond motifs is 2. The fourth-order valence-electron chi connectivity index (χ4n) is 3.64. The summed E-state index contributed by atoms with van der Waals surface area (Å²) >= 11 is 0. The zero-order chi connectivity index (χ0) is 16.6. The molecule has 0 amide bonds. The highest BCUT2D eigenvalue weighted by Crippen LogP contribution is 2.52. The lowest BCUT2D eigenvalue weighted by Gasteiger charge is -2.47. The van der Waals surface area contributed by atoms with Crippen molar-refractivity contribution < 1.29 is 39.2 Å². The normalized spacial score (nSPS) is 35.9. The number of hydrogen-bond donors (Lipinski definition) is 3. The van der Waals surface area contributed by atoms with Crippen molar-refractivity contribution >= 4 is 23.9 Å². The van der Waals surface area contributed by atoms with Gasteiger partial charge in [-0.05, 0) is 6.92 Å². The van der Waals surface area contributed by atoms with Crippen LogP contribution in [0.15, 0.2) is 12.2 Å². The molecular formula is C14H16O8. The van der Waals surface area contributed by atoms with Crippen molar-refractivity contribution in [1.29, 1.82) is 0 Å². The minimum Gasteiger partial charge on any atom is -0.481 e. The summed E-state index contributed by atoms with van der Waals surface area (Å²) in [5.41, 5.74) is 0. The van der Waals surface area contributed by atoms with Crippen LogP contribution >= 0.6 is 0 Å². The number of aliphatic carboxylic acids is 3. The second kappa shape index (κ2) is 5.78. The van der Waals surface area contributed by atoms with E-state index in [1.54, 1.807) is 6.92 Å². The van der Waals surface area contributed by atoms with Gasteiger partial charge in [0, 0.05) is 11.8 Å². The lowest BCUT2D eigenvalue weighted by molar-refractivity contribution is -0.180. The second-order valence-electron chi connectivity index (χ2n) is 5.41. The Bertz CT molecular complexity index is 551. The summed E-state index contributed by atoms with van der Waals surface area (Å²) in [5.74, 6) is -12.1. The van der Waals surface area contributed by atoms with Crippen molar-refractivity contribution in [2.75, 3.05) is 6.61 Å². The average molecular weight is 312 g/mol. The number of carbonyl (C=O) groups excluding carboxylic acids is 1. The summed E-state index contributed by atoms with van der Waals surface area (Å²) in [6.45, 7) is 1.59. The topological polar surface area (TPSA) is 138 Å². The lowest BCUT2D eigenvalue weighted by atomic mass is 9.53. The molecule has 2 bridgehead atoms. The molecule has 3 N–H and O–H groups in total. The van der Waals surface area contributed by atoms with Gasteiger partial charge in [-0.25, -0.2) is 0 Å². The molecule has 1 saturated carbocycles. The molecule has 0 heterocycles. The third-order valence-electron chi connectivity index (χ3n) is 4.40. The summed E-state index contributed by atoms with van der Waals surface area (Å²) in [6, 6.07) is 0. The van der Waals surface area contributed by atoms with Crippen LogP contribution in [0.25, 0.3) is 0 Å². The molecule has 3 rings (SSSR count). The van der Waals surface area contributed by atoms with Gasteiger partial charge in [-0.3, -0.25) is 19.2 Å². The smallest absolute Gasteiger partial charge is 0.310 e. The van der Waals surface area contributed by atoms with Crippen LogP contribution in [-0.2, 0) is 23.9 Å². The van der Waals surface area contributed by atoms with Crippen LogP contribution in [-0.4, -0.2) is 45.8 Å². The Hall–Kier alpha value is -2.38. The third-order valence-corrected chi connectivity index (χ3v) is 4.40. The molecule has 6 unspecified atom stereocenters. The van der Waals surface area contributed by atoms with E-state index in [2.05, 4.69) is 0 Å². The summed E-state index contributed by atoms with van der Waals surface area (Å²) in [6.07, 6.45) is 2.83. The van der Waals surface area contributed by atoms with Crippen LogP contribution in [0.2, 0.25) is 0 Å². The monoisotopic (exact) mass is 312 g/mol. The molecule has 120 valence electrons. The Kier molecular flexibility index (Phi) is 4.20. The highest BCUT2D eigenvalue weighted by atomic mass is 16.5. The number of carboxylic acids is 3. The number of rotatable bonds is 5. The third kappa shape index (κ3) is 2.34. The largest absolute Gasteiger partial charge is 0.481 e. The molecule has 3 aliphatic rings. The van der Waals surface area contributed by atoms with Gasteiger partial charge in [0.15, 0.2) is 0 Å². The molecule has 8 nitrogen and oxygen atoms in total. The van der Waals surface area contributed by atoms with Gasteiger partial charge in [-0.1, -0.05) is 12.2 Å². The quantitative estimate of drug-likeness (QED) is 0.479. The first-order chi connectivity index (χ1) is 10.3. The van der Waals surface area contributed by atoms with E-state index in [9.17, 15) is 34.5 Å². The maximum atomic E-state index is 12.1. The van der Waals surface area contributed by atoms with E-state index in [0.717, 1.165) is 0 Å². The molecule has 0 radical (unpaired) electrons. The molecular weight excluding hydrogens is 296 g/mol. The zero-order valence-electron chi connectivity index (χ0n) is 11.7. The van der Waals surface area contributed by atoms with E-state index in [4.69, 9.17) is 4.74 Å². The van der Waals surface area contributed by atoms with Crippen molar-refractivity contribution in [3.63, 3.8) is 0 Å². The summed E-state index contributed by atoms with van der Waals surface area (Å²) in [4.78, 5) is 46.5. The van der Waals surface area contributed by atoms with Crippen LogP contribution < -0.4 is 0 Å². The van der Waals surface area contributed by atoms with Crippen LogP contribution in [0.5, 0.6) is 0 Å². The first-order valence-corrected chi connectivity index (χ1v) is 6.84. The fourth-order valence-corrected chi connectivity index (χ4v) is 3.64. The van der Waals surface area contributed by atoms with Crippen molar-refractivity contribution in [1.82, 2.24) is 0 Å². The fraction of sp³-hybridized carbons (Fsp3) is 0.571. The minimum atomic E-state index is -1.38. The molecule has 0 aromatic rings. The molecule has 22 heavy (non-hydrogen) atoms. The number of ether oxygens (including phenoxy) is 1. The Morgan fingerprint density at radius 2 is 1.18 bits per heavy atom. The SMILES string of the molecule is CCOC(=O)C1C2C=CC(C(C(=O)O)C2C(=O)O)C1C(=O)O. The van der Waals surface area contributed by atoms with E-state index in [0.29, 0.717) is 0 Å². The summed E-state index contributed by atoms with van der Waals surface area (Å²) in [7, 11) is 0. The molecule has 1 fully saturated rings. The molecule has 0 saturated heterocycles. The highest BCUT2D eigenvalue weighted by molar-refractivity contribution is 5.88. The molecule has 6 atom stereocenters. The van der Waals surface area contributed by atoms with E-state index in [-0.39, 0.29) is 6.61 Å². The van der Waals surface area contributed by atoms with Gasteiger partial charge in [-0.2, -0.15) is 0 Å². The predicted molar refractivity (Wildman–Crippen MR) is 69.6 cm³/mol. The van der Waals surface area contributed by atoms with E-state index >= 15 is 0 Å². The van der Waals surface area contributed by atoms with Gasteiger partial charge in [0.1, 0.15) is 0 Å². The Morgan fingerprint density at radius 1 is 0.818 bits per heavy atom. The standard InChI is InChI=1S/C14H16O8/c1-2-22-14(21)10-6-4-3-5(9(10)13(19)20)7(11(15)16)8(6)12(17)18/h3-10H,2H2,1H3,(H,15,16)(H,17,18)(H,19,20). The maximum absolute atomic E-state index is 12.1. The molecule has 8 heteroatoms. The number of carboxylic acid groups (broad SMARTS) is 3. The van der Waals surface area contributed by atoms with Crippen molar-refractivity contribution in [2.45, 2.75) is 6.92 Å². The number of allylic oxidation sites excluding steroid dienone is 2. The van der Waals surface area contributed by atoms with E-state index in [1.807, 2.05) is 0 Å². The summed E-state index contributed by atoms with van der Waals surface area (Å²) < 4.78 is 4.86. The van der Waals surface area contributed by atoms with Gasteiger partial charge < -0.3 is 20.1 Å². The molecule has 0 aromatic carbocycles. The van der Waals surface area contributed by atoms with Crippen molar-refractivity contribution in [3.8, 4) is 0 Å². The lowest BCUT2D eigenvalue weighted by Crippen LogP contribution is -2.57. The number of esters is 1. The number of hydrogen-bond acceptors (Lipinski definition) is 5. The van der Waals surface area contributed by atoms with E-state index in [1.165, 1.54) is 12.2 Å². The highest BCUT2D eigenvalue weighted by Gasteiger charge is 2.61. The Labute approximate surface area is 125 Å². The van der Waals surface area contributed by atoms with Crippen molar-refractivity contribution in [3.05, 3.63) is 12.2 Å². The van der Waals surface area contributed by atoms with Gasteiger partial charge in [0.2, 0.25) is 0 Å². The maximum Gasteiger partial charge on any atom is 0.310 e. The number of carbonyl (C=O) groups is 4. The van der Waals surface area contributed by atoms with Crippen LogP contribution in [0.1, 0.15) is 6.92 Å². The second-order valence-corrected chi connectivity index (χ2v) is 5.41. The average Bonchev–Trinajstić information content (AvgIpc) is 2.45. The van der Waals surface area contributed by atoms with E-state index < -0.39 is 59.4 Å².